The van der Waals surface area contributed by atoms with Crippen LogP contribution in [0.1, 0.15) is 136 Å². The van der Waals surface area contributed by atoms with Crippen LogP contribution in [0.25, 0.3) is 0 Å². The van der Waals surface area contributed by atoms with E-state index >= 15 is 0 Å². The Hall–Kier alpha value is -5.24. The lowest BCUT2D eigenvalue weighted by atomic mass is 9.83. The van der Waals surface area contributed by atoms with Gasteiger partial charge in [0.05, 0.1) is 19.6 Å². The molecule has 0 spiro atoms. The number of ether oxygens (including phenoxy) is 2. The molecule has 1 fully saturated rings. The molecular weight excluding hydrogens is 765 g/mol. The van der Waals surface area contributed by atoms with Crippen molar-refractivity contribution in [2.24, 2.45) is 5.92 Å². The fourth-order valence-electron chi connectivity index (χ4n) is 8.04. The molecule has 0 radical (unpaired) electrons. The Morgan fingerprint density at radius 3 is 1.44 bits per heavy atom. The molecule has 0 atom stereocenters. The van der Waals surface area contributed by atoms with E-state index in [2.05, 4.69) is 65.9 Å². The zero-order chi connectivity index (χ0) is 44.4. The highest BCUT2D eigenvalue weighted by Crippen LogP contribution is 2.27. The minimum atomic E-state index is -0.359. The van der Waals surface area contributed by atoms with Gasteiger partial charge in [-0.25, -0.2) is 9.59 Å². The van der Waals surface area contributed by atoms with Gasteiger partial charge in [-0.15, -0.1) is 0 Å². The second-order valence-corrected chi connectivity index (χ2v) is 16.2. The molecule has 61 heavy (non-hydrogen) atoms. The predicted molar refractivity (Wildman–Crippen MR) is 243 cm³/mol. The molecular formula is C53H68O8. The van der Waals surface area contributed by atoms with Crippen molar-refractivity contribution in [3.63, 3.8) is 0 Å². The third-order valence-corrected chi connectivity index (χ3v) is 10.9. The number of carbonyl (C=O) groups excluding carboxylic acids is 6. The predicted octanol–water partition coefficient (Wildman–Crippen LogP) is 9.91. The van der Waals surface area contributed by atoms with Gasteiger partial charge in [0.1, 0.15) is 23.6 Å². The Kier molecular flexibility index (Phi) is 23.3. The van der Waals surface area contributed by atoms with Gasteiger partial charge in [-0.2, -0.15) is 0 Å². The molecule has 4 aliphatic carbocycles. The number of allylic oxidation sites excluding steroid dienone is 1. The molecule has 0 N–H and O–H groups in total. The zero-order valence-corrected chi connectivity index (χ0v) is 37.2. The van der Waals surface area contributed by atoms with E-state index in [1.165, 1.54) is 128 Å². The first-order valence-electron chi connectivity index (χ1n) is 22.3. The number of benzene rings is 3. The third-order valence-electron chi connectivity index (χ3n) is 10.9. The highest BCUT2D eigenvalue weighted by molar-refractivity contribution is 6.01. The second-order valence-electron chi connectivity index (χ2n) is 16.2. The molecule has 1 saturated carbocycles. The Balaban J connectivity index is 0.000000220. The van der Waals surface area contributed by atoms with Crippen molar-refractivity contribution in [3.8, 4) is 0 Å². The van der Waals surface area contributed by atoms with Crippen LogP contribution in [0, 0.1) is 5.92 Å². The van der Waals surface area contributed by atoms with Crippen molar-refractivity contribution in [1.82, 2.24) is 0 Å². The maximum Gasteiger partial charge on any atom is 0.330 e. The Morgan fingerprint density at radius 2 is 1.03 bits per heavy atom. The van der Waals surface area contributed by atoms with Gasteiger partial charge in [0, 0.05) is 31.4 Å². The monoisotopic (exact) mass is 832 g/mol. The van der Waals surface area contributed by atoms with E-state index in [1.54, 1.807) is 6.92 Å². The summed E-state index contributed by atoms with van der Waals surface area (Å²) in [6, 6.07) is 20.2. The van der Waals surface area contributed by atoms with Gasteiger partial charge in [0.2, 0.25) is 0 Å². The molecule has 3 aromatic carbocycles. The molecule has 8 heteroatoms. The topological polar surface area (TPSA) is 121 Å². The van der Waals surface area contributed by atoms with Gasteiger partial charge >= 0.3 is 11.9 Å². The first kappa shape index (κ1) is 50.1. The maximum atomic E-state index is 11.4. The van der Waals surface area contributed by atoms with Gasteiger partial charge in [0.15, 0.2) is 0 Å². The smallest absolute Gasteiger partial charge is 0.330 e. The molecule has 328 valence electrons. The number of aldehydes is 1. The summed E-state index contributed by atoms with van der Waals surface area (Å²) < 4.78 is 9.26. The van der Waals surface area contributed by atoms with Gasteiger partial charge in [-0.1, -0.05) is 67.3 Å². The Bertz CT molecular complexity index is 1930. The average Bonchev–Trinajstić information content (AvgIpc) is 4.02. The van der Waals surface area contributed by atoms with Crippen molar-refractivity contribution >= 4 is 35.6 Å². The summed E-state index contributed by atoms with van der Waals surface area (Å²) in [5, 5.41) is 0. The van der Waals surface area contributed by atoms with Crippen LogP contribution in [0.15, 0.2) is 79.4 Å². The summed E-state index contributed by atoms with van der Waals surface area (Å²) in [5.41, 5.74) is 13.1. The van der Waals surface area contributed by atoms with Crippen molar-refractivity contribution in [3.05, 3.63) is 129 Å². The normalized spacial score (nSPS) is 14.6. The zero-order valence-electron chi connectivity index (χ0n) is 37.2. The summed E-state index contributed by atoms with van der Waals surface area (Å²) in [5.74, 6) is 0.112. The highest BCUT2D eigenvalue weighted by Gasteiger charge is 2.25. The Morgan fingerprint density at radius 1 is 0.623 bits per heavy atom. The van der Waals surface area contributed by atoms with Crippen molar-refractivity contribution in [2.75, 3.05) is 13.2 Å². The standard InChI is InChI=1S/C17H20O2.C16H20O2.C12H14O.C5H8O2.C3H6O/c18-16-9-13(10-17(19)11-16)5-4-12-6-7-14-2-1-3-15(14)8-12;1-2-18-16(17)9-4-3-6-13-10-11-14-7-5-8-15(14)12-13;13-8-2-3-10-6-7-11-4-1-5-12(11)9-10;1-3-5(6)7-4-2;1-3(2)4/h6-8,13H,1-5,9-11H2;4,9-12H,2-3,5-8H2,1H3;6-9H,1-5H2;3H,1,4H2,2H3;1-2H3/b;9-4+;;;. The molecule has 4 aliphatic rings. The number of aryl methyl sites for hydroxylation is 9. The number of carbonyl (C=O) groups is 6. The summed E-state index contributed by atoms with van der Waals surface area (Å²) in [7, 11) is 0. The second kappa shape index (κ2) is 28.3. The van der Waals surface area contributed by atoms with Gasteiger partial charge in [0.25, 0.3) is 0 Å². The fraction of sp³-hybridized carbons (Fsp3) is 0.472. The fourth-order valence-corrected chi connectivity index (χ4v) is 8.04. The molecule has 0 amide bonds. The quantitative estimate of drug-likeness (QED) is 0.0723. The van der Waals surface area contributed by atoms with Crippen molar-refractivity contribution in [2.45, 2.75) is 143 Å². The molecule has 7 rings (SSSR count). The van der Waals surface area contributed by atoms with Crippen LogP contribution in [0.5, 0.6) is 0 Å². The van der Waals surface area contributed by atoms with E-state index in [4.69, 9.17) is 4.74 Å². The summed E-state index contributed by atoms with van der Waals surface area (Å²) in [4.78, 5) is 63.7. The van der Waals surface area contributed by atoms with Gasteiger partial charge in [-0.05, 0) is 174 Å². The molecule has 0 bridgehead atoms. The first-order chi connectivity index (χ1) is 29.4. The maximum absolute atomic E-state index is 11.4. The van der Waals surface area contributed by atoms with E-state index in [0.717, 1.165) is 44.5 Å². The molecule has 0 aromatic heterocycles. The van der Waals surface area contributed by atoms with Crippen LogP contribution < -0.4 is 0 Å². The molecule has 0 aliphatic heterocycles. The molecule has 3 aromatic rings. The molecule has 0 saturated heterocycles. The number of hydrogen-bond donors (Lipinski definition) is 0. The number of hydrogen-bond acceptors (Lipinski definition) is 8. The minimum Gasteiger partial charge on any atom is -0.463 e. The Labute approximate surface area is 364 Å². The van der Waals surface area contributed by atoms with E-state index in [1.807, 2.05) is 13.0 Å². The van der Waals surface area contributed by atoms with E-state index < -0.39 is 0 Å². The number of Topliss-reactive ketones (excluding diaryl/α,β-unsaturated/α-hetero) is 3. The van der Waals surface area contributed by atoms with Gasteiger partial charge < -0.3 is 19.1 Å². The average molecular weight is 833 g/mol. The van der Waals surface area contributed by atoms with Crippen LogP contribution in [-0.2, 0) is 96.0 Å². The van der Waals surface area contributed by atoms with Crippen LogP contribution in [-0.4, -0.2) is 48.8 Å². The van der Waals surface area contributed by atoms with Crippen molar-refractivity contribution < 1.29 is 38.2 Å². The van der Waals surface area contributed by atoms with Crippen LogP contribution in [0.3, 0.4) is 0 Å². The van der Waals surface area contributed by atoms with E-state index in [9.17, 15) is 28.8 Å². The van der Waals surface area contributed by atoms with Gasteiger partial charge in [-0.3, -0.25) is 9.59 Å². The van der Waals surface area contributed by atoms with E-state index in [-0.39, 0.29) is 41.6 Å². The number of esters is 2. The number of ketones is 3. The van der Waals surface area contributed by atoms with Crippen molar-refractivity contribution in [1.29, 1.82) is 0 Å². The summed E-state index contributed by atoms with van der Waals surface area (Å²) >= 11 is 0. The molecule has 0 unspecified atom stereocenters. The first-order valence-corrected chi connectivity index (χ1v) is 22.3. The summed E-state index contributed by atoms with van der Waals surface area (Å²) in [6.45, 7) is 10.7. The third kappa shape index (κ3) is 19.8. The number of fused-ring (bicyclic) bond motifs is 3. The highest BCUT2D eigenvalue weighted by atomic mass is 16.5. The van der Waals surface area contributed by atoms with Crippen LogP contribution in [0.4, 0.5) is 0 Å². The lowest BCUT2D eigenvalue weighted by Gasteiger charge is -2.19. The van der Waals surface area contributed by atoms with Crippen LogP contribution in [0.2, 0.25) is 0 Å². The van der Waals surface area contributed by atoms with Crippen LogP contribution >= 0.6 is 0 Å². The largest absolute Gasteiger partial charge is 0.463 e. The lowest BCUT2D eigenvalue weighted by molar-refractivity contribution is -0.138. The minimum absolute atomic E-state index is 0.134. The molecule has 8 nitrogen and oxygen atoms in total. The lowest BCUT2D eigenvalue weighted by Crippen LogP contribution is -2.23. The molecule has 0 heterocycles. The summed E-state index contributed by atoms with van der Waals surface area (Å²) in [6.07, 6.45) is 23.6. The SMILES string of the molecule is C=CC(=O)OCC.CC(C)=O.CCOC(=O)/C=C/CCc1ccc2c(c1)CCC2.O=C1CC(=O)CC(CCc2ccc3c(c2)CCC3)C1.O=CCCc1ccc2c(c1)CCC2. The van der Waals surface area contributed by atoms with E-state index in [0.29, 0.717) is 32.5 Å². The number of rotatable bonds is 13.